The van der Waals surface area contributed by atoms with E-state index in [2.05, 4.69) is 18.7 Å². The second-order valence-electron chi connectivity index (χ2n) is 5.14. The van der Waals surface area contributed by atoms with E-state index in [9.17, 15) is 0 Å². The Hall–Kier alpha value is -0.800. The van der Waals surface area contributed by atoms with Crippen LogP contribution in [0.15, 0.2) is 4.42 Å². The minimum Gasteiger partial charge on any atom is -0.466 e. The van der Waals surface area contributed by atoms with Crippen LogP contribution in [-0.2, 0) is 6.42 Å². The fourth-order valence-corrected chi connectivity index (χ4v) is 3.45. The highest BCUT2D eigenvalue weighted by molar-refractivity contribution is 5.39. The predicted octanol–water partition coefficient (Wildman–Crippen LogP) is 1.92. The van der Waals surface area contributed by atoms with Gasteiger partial charge in [-0.3, -0.25) is 4.90 Å². The Balaban J connectivity index is 2.08. The Morgan fingerprint density at radius 2 is 2.06 bits per heavy atom. The molecule has 2 N–H and O–H groups in total. The lowest BCUT2D eigenvalue weighted by atomic mass is 9.84. The second kappa shape index (κ2) is 3.60. The van der Waals surface area contributed by atoms with Gasteiger partial charge in [0.2, 0.25) is 0 Å². The van der Waals surface area contributed by atoms with Crippen LogP contribution in [0.1, 0.15) is 41.5 Å². The molecule has 16 heavy (non-hydrogen) atoms. The molecule has 0 amide bonds. The summed E-state index contributed by atoms with van der Waals surface area (Å²) in [6.07, 6.45) is 3.51. The molecule has 3 heterocycles. The van der Waals surface area contributed by atoms with Gasteiger partial charge in [0.15, 0.2) is 0 Å². The number of nitrogens with zero attached hydrogens (tertiary/aromatic N) is 1. The number of hydrogen-bond donors (Lipinski definition) is 1. The summed E-state index contributed by atoms with van der Waals surface area (Å²) in [4.78, 5) is 2.54. The first-order chi connectivity index (χ1) is 7.68. The minimum absolute atomic E-state index is 0.281. The van der Waals surface area contributed by atoms with E-state index in [4.69, 9.17) is 10.2 Å². The monoisotopic (exact) mass is 220 g/mol. The molecule has 0 saturated carbocycles. The van der Waals surface area contributed by atoms with Crippen LogP contribution in [0, 0.1) is 13.8 Å². The molecular formula is C13H20N2O. The Labute approximate surface area is 96.6 Å². The average molecular weight is 220 g/mol. The largest absolute Gasteiger partial charge is 0.466 e. The number of piperidine rings is 1. The molecule has 3 nitrogen and oxygen atoms in total. The lowest BCUT2D eigenvalue weighted by Gasteiger charge is -2.43. The van der Waals surface area contributed by atoms with Crippen LogP contribution in [0.5, 0.6) is 0 Å². The van der Waals surface area contributed by atoms with Gasteiger partial charge in [-0.05, 0) is 45.2 Å². The zero-order chi connectivity index (χ0) is 11.3. The Bertz CT molecular complexity index is 410. The van der Waals surface area contributed by atoms with Gasteiger partial charge in [-0.25, -0.2) is 0 Å². The number of fused-ring (bicyclic) bond motifs is 3. The molecule has 0 radical (unpaired) electrons. The average Bonchev–Trinajstić information content (AvgIpc) is 2.55. The fraction of sp³-hybridized carbons (Fsp3) is 0.692. The van der Waals surface area contributed by atoms with Crippen LogP contribution in [0.2, 0.25) is 0 Å². The first-order valence-corrected chi connectivity index (χ1v) is 6.27. The van der Waals surface area contributed by atoms with E-state index in [0.29, 0.717) is 6.04 Å². The van der Waals surface area contributed by atoms with Crippen molar-refractivity contribution >= 4 is 0 Å². The Morgan fingerprint density at radius 1 is 1.25 bits per heavy atom. The first-order valence-electron chi connectivity index (χ1n) is 6.27. The van der Waals surface area contributed by atoms with Crippen molar-refractivity contribution in [2.45, 2.75) is 45.2 Å². The first kappa shape index (κ1) is 10.4. The van der Waals surface area contributed by atoms with E-state index in [1.807, 2.05) is 0 Å². The van der Waals surface area contributed by atoms with Crippen LogP contribution in [0.25, 0.3) is 0 Å². The van der Waals surface area contributed by atoms with Crippen LogP contribution in [0.3, 0.4) is 0 Å². The topological polar surface area (TPSA) is 42.4 Å². The van der Waals surface area contributed by atoms with Gasteiger partial charge >= 0.3 is 0 Å². The highest BCUT2D eigenvalue weighted by atomic mass is 16.3. The molecule has 2 unspecified atom stereocenters. The van der Waals surface area contributed by atoms with Gasteiger partial charge in [-0.15, -0.1) is 0 Å². The normalized spacial score (nSPS) is 29.9. The number of furan rings is 1. The van der Waals surface area contributed by atoms with Crippen molar-refractivity contribution in [3.63, 3.8) is 0 Å². The van der Waals surface area contributed by atoms with Gasteiger partial charge in [-0.2, -0.15) is 0 Å². The molecule has 0 aliphatic carbocycles. The smallest absolute Gasteiger partial charge is 0.106 e. The second-order valence-corrected chi connectivity index (χ2v) is 5.14. The molecule has 3 rings (SSSR count). The summed E-state index contributed by atoms with van der Waals surface area (Å²) >= 11 is 0. The maximum atomic E-state index is 6.30. The molecule has 1 fully saturated rings. The van der Waals surface area contributed by atoms with Crippen LogP contribution in [0.4, 0.5) is 0 Å². The summed E-state index contributed by atoms with van der Waals surface area (Å²) in [6, 6.07) is 0.693. The molecule has 0 aromatic carbocycles. The molecule has 1 aromatic rings. The van der Waals surface area contributed by atoms with Gasteiger partial charge in [0, 0.05) is 18.2 Å². The highest BCUT2D eigenvalue weighted by Gasteiger charge is 2.37. The summed E-state index contributed by atoms with van der Waals surface area (Å²) in [5.74, 6) is 2.18. The number of rotatable bonds is 0. The van der Waals surface area contributed by atoms with E-state index in [0.717, 1.165) is 30.9 Å². The Kier molecular flexibility index (Phi) is 2.33. The molecule has 88 valence electrons. The highest BCUT2D eigenvalue weighted by Crippen LogP contribution is 2.40. The van der Waals surface area contributed by atoms with Crippen molar-refractivity contribution in [1.82, 2.24) is 4.90 Å². The van der Waals surface area contributed by atoms with Crippen molar-refractivity contribution < 1.29 is 4.42 Å². The van der Waals surface area contributed by atoms with Gasteiger partial charge in [-0.1, -0.05) is 0 Å². The standard InChI is InChI=1S/C13H20N2O/c1-8-10-5-7-15-6-3-4-11(14)13(15)12(10)9(2)16-8/h11,13H,3-7,14H2,1-2H3. The summed E-state index contributed by atoms with van der Waals surface area (Å²) in [5.41, 5.74) is 9.12. The zero-order valence-corrected chi connectivity index (χ0v) is 10.1. The third-order valence-corrected chi connectivity index (χ3v) is 4.16. The van der Waals surface area contributed by atoms with Gasteiger partial charge in [0.25, 0.3) is 0 Å². The lowest BCUT2D eigenvalue weighted by Crippen LogP contribution is -2.49. The maximum Gasteiger partial charge on any atom is 0.106 e. The van der Waals surface area contributed by atoms with E-state index < -0.39 is 0 Å². The molecule has 2 atom stereocenters. The quantitative estimate of drug-likeness (QED) is 0.726. The number of aryl methyl sites for hydroxylation is 2. The fourth-order valence-electron chi connectivity index (χ4n) is 3.45. The summed E-state index contributed by atoms with van der Waals surface area (Å²) in [6.45, 7) is 6.50. The molecule has 0 bridgehead atoms. The van der Waals surface area contributed by atoms with Crippen molar-refractivity contribution in [3.05, 3.63) is 22.6 Å². The molecule has 2 aliphatic heterocycles. The van der Waals surface area contributed by atoms with Crippen LogP contribution in [-0.4, -0.2) is 24.0 Å². The molecule has 1 saturated heterocycles. The summed E-state index contributed by atoms with van der Waals surface area (Å²) < 4.78 is 5.78. The van der Waals surface area contributed by atoms with E-state index >= 15 is 0 Å². The molecule has 3 heteroatoms. The number of nitrogens with two attached hydrogens (primary N) is 1. The minimum atomic E-state index is 0.281. The van der Waals surface area contributed by atoms with E-state index in [1.54, 1.807) is 0 Å². The van der Waals surface area contributed by atoms with E-state index in [1.165, 1.54) is 24.1 Å². The molecular weight excluding hydrogens is 200 g/mol. The molecule has 1 aromatic heterocycles. The van der Waals surface area contributed by atoms with E-state index in [-0.39, 0.29) is 6.04 Å². The van der Waals surface area contributed by atoms with Crippen molar-refractivity contribution in [3.8, 4) is 0 Å². The van der Waals surface area contributed by atoms with Crippen molar-refractivity contribution in [1.29, 1.82) is 0 Å². The van der Waals surface area contributed by atoms with Gasteiger partial charge in [0.05, 0.1) is 6.04 Å². The maximum absolute atomic E-state index is 6.30. The zero-order valence-electron chi connectivity index (χ0n) is 10.1. The van der Waals surface area contributed by atoms with Crippen LogP contribution < -0.4 is 5.73 Å². The molecule has 0 spiro atoms. The SMILES string of the molecule is Cc1oc(C)c2c1CCN1CCCC(N)C21. The van der Waals surface area contributed by atoms with Crippen LogP contribution >= 0.6 is 0 Å². The van der Waals surface area contributed by atoms with Gasteiger partial charge in [0.1, 0.15) is 11.5 Å². The third kappa shape index (κ3) is 1.35. The summed E-state index contributed by atoms with van der Waals surface area (Å²) in [5, 5.41) is 0. The Morgan fingerprint density at radius 3 is 2.88 bits per heavy atom. The van der Waals surface area contributed by atoms with Crippen molar-refractivity contribution in [2.75, 3.05) is 13.1 Å². The molecule has 2 aliphatic rings. The third-order valence-electron chi connectivity index (χ3n) is 4.16. The van der Waals surface area contributed by atoms with Crippen molar-refractivity contribution in [2.24, 2.45) is 5.73 Å². The number of hydrogen-bond acceptors (Lipinski definition) is 3. The lowest BCUT2D eigenvalue weighted by molar-refractivity contribution is 0.118. The summed E-state index contributed by atoms with van der Waals surface area (Å²) in [7, 11) is 0. The van der Waals surface area contributed by atoms with Gasteiger partial charge < -0.3 is 10.2 Å². The predicted molar refractivity (Wildman–Crippen MR) is 63.4 cm³/mol.